The monoisotopic (exact) mass is 329 g/mol. The van der Waals surface area contributed by atoms with Crippen LogP contribution in [0.4, 0.5) is 19.1 Å². The van der Waals surface area contributed by atoms with E-state index in [1.54, 1.807) is 24.5 Å². The minimum absolute atomic E-state index is 0.228. The molecule has 124 valence electrons. The highest BCUT2D eigenvalue weighted by Crippen LogP contribution is 2.19. The standard InChI is InChI=1S/C13H14F3N5O2/c1-20(9-11(22)23-8-4-13(14,15)16)12-17-6-3-10(19-12)21-7-2-5-18-21/h2-3,5-7H,4,8-9H2,1H3. The van der Waals surface area contributed by atoms with Crippen LogP contribution in [0, 0.1) is 0 Å². The van der Waals surface area contributed by atoms with Gasteiger partial charge in [-0.05, 0) is 6.07 Å². The zero-order valence-electron chi connectivity index (χ0n) is 12.2. The average Bonchev–Trinajstić information content (AvgIpc) is 3.00. The van der Waals surface area contributed by atoms with E-state index < -0.39 is 25.2 Å². The van der Waals surface area contributed by atoms with E-state index in [-0.39, 0.29) is 12.5 Å². The summed E-state index contributed by atoms with van der Waals surface area (Å²) in [7, 11) is 1.53. The van der Waals surface area contributed by atoms with Gasteiger partial charge in [-0.25, -0.2) is 9.67 Å². The molecular weight excluding hydrogens is 315 g/mol. The van der Waals surface area contributed by atoms with Crippen LogP contribution < -0.4 is 4.90 Å². The van der Waals surface area contributed by atoms with Gasteiger partial charge < -0.3 is 9.64 Å². The first kappa shape index (κ1) is 16.7. The average molecular weight is 329 g/mol. The molecule has 2 aromatic heterocycles. The molecule has 0 saturated carbocycles. The zero-order valence-corrected chi connectivity index (χ0v) is 12.2. The molecule has 23 heavy (non-hydrogen) atoms. The molecule has 2 aromatic rings. The number of rotatable bonds is 6. The number of nitrogens with zero attached hydrogens (tertiary/aromatic N) is 5. The van der Waals surface area contributed by atoms with Crippen molar-refractivity contribution < 1.29 is 22.7 Å². The molecule has 0 spiro atoms. The molecule has 2 rings (SSSR count). The van der Waals surface area contributed by atoms with Gasteiger partial charge in [-0.15, -0.1) is 0 Å². The molecule has 0 atom stereocenters. The van der Waals surface area contributed by atoms with Gasteiger partial charge in [0, 0.05) is 31.7 Å². The molecule has 0 aliphatic carbocycles. The van der Waals surface area contributed by atoms with E-state index in [1.807, 2.05) is 0 Å². The van der Waals surface area contributed by atoms with E-state index in [2.05, 4.69) is 19.8 Å². The van der Waals surface area contributed by atoms with Crippen LogP contribution in [0.15, 0.2) is 30.7 Å². The van der Waals surface area contributed by atoms with Gasteiger partial charge in [-0.1, -0.05) is 0 Å². The summed E-state index contributed by atoms with van der Waals surface area (Å²) >= 11 is 0. The molecule has 0 aliphatic heterocycles. The Morgan fingerprint density at radius 3 is 2.83 bits per heavy atom. The number of halogens is 3. The van der Waals surface area contributed by atoms with Crippen molar-refractivity contribution in [2.45, 2.75) is 12.6 Å². The van der Waals surface area contributed by atoms with Crippen molar-refractivity contribution >= 4 is 11.9 Å². The summed E-state index contributed by atoms with van der Waals surface area (Å²) in [5, 5.41) is 4.02. The van der Waals surface area contributed by atoms with Crippen LogP contribution >= 0.6 is 0 Å². The fourth-order valence-electron chi connectivity index (χ4n) is 1.65. The maximum atomic E-state index is 12.0. The third-order valence-electron chi connectivity index (χ3n) is 2.72. The first-order valence-corrected chi connectivity index (χ1v) is 6.62. The lowest BCUT2D eigenvalue weighted by atomic mass is 10.4. The highest BCUT2D eigenvalue weighted by Gasteiger charge is 2.27. The Morgan fingerprint density at radius 2 is 2.17 bits per heavy atom. The van der Waals surface area contributed by atoms with Gasteiger partial charge in [0.2, 0.25) is 5.95 Å². The third-order valence-corrected chi connectivity index (χ3v) is 2.72. The second kappa shape index (κ2) is 7.07. The van der Waals surface area contributed by atoms with Gasteiger partial charge in [0.05, 0.1) is 6.42 Å². The molecule has 0 amide bonds. The van der Waals surface area contributed by atoms with Crippen molar-refractivity contribution in [2.24, 2.45) is 0 Å². The van der Waals surface area contributed by atoms with Crippen molar-refractivity contribution in [1.29, 1.82) is 0 Å². The maximum Gasteiger partial charge on any atom is 0.392 e. The molecule has 0 unspecified atom stereocenters. The quantitative estimate of drug-likeness (QED) is 0.750. The van der Waals surface area contributed by atoms with E-state index in [9.17, 15) is 18.0 Å². The number of carbonyl (C=O) groups is 1. The normalized spacial score (nSPS) is 11.3. The summed E-state index contributed by atoms with van der Waals surface area (Å²) in [6.45, 7) is -0.967. The topological polar surface area (TPSA) is 73.1 Å². The molecule has 0 bridgehead atoms. The lowest BCUT2D eigenvalue weighted by Crippen LogP contribution is -2.29. The number of aromatic nitrogens is 4. The molecule has 0 fully saturated rings. The van der Waals surface area contributed by atoms with E-state index in [4.69, 9.17) is 0 Å². The second-order valence-electron chi connectivity index (χ2n) is 4.61. The van der Waals surface area contributed by atoms with E-state index in [0.717, 1.165) is 0 Å². The van der Waals surface area contributed by atoms with Crippen LogP contribution in [0.3, 0.4) is 0 Å². The van der Waals surface area contributed by atoms with Gasteiger partial charge in [0.15, 0.2) is 5.82 Å². The summed E-state index contributed by atoms with van der Waals surface area (Å²) < 4.78 is 42.0. The first-order valence-electron chi connectivity index (χ1n) is 6.62. The highest BCUT2D eigenvalue weighted by molar-refractivity contribution is 5.74. The summed E-state index contributed by atoms with van der Waals surface area (Å²) in [6, 6.07) is 3.36. The molecule has 7 nitrogen and oxygen atoms in total. The minimum Gasteiger partial charge on any atom is -0.464 e. The number of alkyl halides is 3. The molecule has 0 saturated heterocycles. The summed E-state index contributed by atoms with van der Waals surface area (Å²) in [5.41, 5.74) is 0. The number of carbonyl (C=O) groups excluding carboxylic acids is 1. The van der Waals surface area contributed by atoms with Gasteiger partial charge in [0.1, 0.15) is 13.2 Å². The molecule has 0 N–H and O–H groups in total. The Hall–Kier alpha value is -2.65. The number of ether oxygens (including phenoxy) is 1. The Labute approximate surface area is 129 Å². The summed E-state index contributed by atoms with van der Waals surface area (Å²) in [5.74, 6) is -0.0621. The molecule has 0 aliphatic rings. The minimum atomic E-state index is -4.35. The van der Waals surface area contributed by atoms with Crippen LogP contribution in [0.25, 0.3) is 5.82 Å². The fraction of sp³-hybridized carbons (Fsp3) is 0.385. The molecule has 2 heterocycles. The number of likely N-dealkylation sites (N-methyl/N-ethyl adjacent to an activating group) is 1. The molecule has 10 heteroatoms. The van der Waals surface area contributed by atoms with Crippen LogP contribution in [-0.4, -0.2) is 52.1 Å². The number of esters is 1. The fourth-order valence-corrected chi connectivity index (χ4v) is 1.65. The summed E-state index contributed by atoms with van der Waals surface area (Å²) in [4.78, 5) is 21.1. The maximum absolute atomic E-state index is 12.0. The third kappa shape index (κ3) is 5.24. The Kier molecular flexibility index (Phi) is 5.14. The van der Waals surface area contributed by atoms with Gasteiger partial charge in [0.25, 0.3) is 0 Å². The molecular formula is C13H14F3N5O2. The van der Waals surface area contributed by atoms with Crippen LogP contribution in [0.2, 0.25) is 0 Å². The second-order valence-corrected chi connectivity index (χ2v) is 4.61. The first-order chi connectivity index (χ1) is 10.8. The summed E-state index contributed by atoms with van der Waals surface area (Å²) in [6.07, 6.45) is -0.757. The van der Waals surface area contributed by atoms with Crippen molar-refractivity contribution in [2.75, 3.05) is 25.1 Å². The predicted octanol–water partition coefficient (Wildman–Crippen LogP) is 1.59. The lowest BCUT2D eigenvalue weighted by molar-refractivity contribution is -0.157. The predicted molar refractivity (Wildman–Crippen MR) is 74.1 cm³/mol. The van der Waals surface area contributed by atoms with Crippen LogP contribution in [-0.2, 0) is 9.53 Å². The van der Waals surface area contributed by atoms with Crippen LogP contribution in [0.5, 0.6) is 0 Å². The lowest BCUT2D eigenvalue weighted by Gasteiger charge is -2.16. The van der Waals surface area contributed by atoms with E-state index in [1.165, 1.54) is 22.8 Å². The SMILES string of the molecule is CN(CC(=O)OCCC(F)(F)F)c1nccc(-n2cccn2)n1. The van der Waals surface area contributed by atoms with E-state index >= 15 is 0 Å². The van der Waals surface area contributed by atoms with Gasteiger partial charge >= 0.3 is 12.1 Å². The smallest absolute Gasteiger partial charge is 0.392 e. The molecule has 0 radical (unpaired) electrons. The van der Waals surface area contributed by atoms with Crippen molar-refractivity contribution in [3.63, 3.8) is 0 Å². The van der Waals surface area contributed by atoms with Crippen molar-refractivity contribution in [1.82, 2.24) is 19.7 Å². The Bertz CT molecular complexity index is 645. The number of hydrogen-bond acceptors (Lipinski definition) is 6. The zero-order chi connectivity index (χ0) is 16.9. The largest absolute Gasteiger partial charge is 0.464 e. The number of anilines is 1. The van der Waals surface area contributed by atoms with Crippen LogP contribution in [0.1, 0.15) is 6.42 Å². The van der Waals surface area contributed by atoms with Gasteiger partial charge in [-0.3, -0.25) is 4.79 Å². The van der Waals surface area contributed by atoms with Gasteiger partial charge in [-0.2, -0.15) is 23.3 Å². The van der Waals surface area contributed by atoms with Crippen molar-refractivity contribution in [3.8, 4) is 5.82 Å². The number of hydrogen-bond donors (Lipinski definition) is 0. The van der Waals surface area contributed by atoms with E-state index in [0.29, 0.717) is 5.82 Å². The van der Waals surface area contributed by atoms with Crippen molar-refractivity contribution in [3.05, 3.63) is 30.7 Å². The Morgan fingerprint density at radius 1 is 1.39 bits per heavy atom. The highest BCUT2D eigenvalue weighted by atomic mass is 19.4. The molecule has 0 aromatic carbocycles. The Balaban J connectivity index is 1.92.